The number of rotatable bonds is 7. The Morgan fingerprint density at radius 1 is 1.11 bits per heavy atom. The minimum atomic E-state index is -0.160. The second-order valence-electron chi connectivity index (χ2n) is 6.74. The van der Waals surface area contributed by atoms with Crippen LogP contribution in [0.15, 0.2) is 48.5 Å². The molecule has 0 fully saturated rings. The highest BCUT2D eigenvalue weighted by molar-refractivity contribution is 6.02. The van der Waals surface area contributed by atoms with Crippen molar-refractivity contribution >= 4 is 23.3 Å². The maximum atomic E-state index is 12.6. The number of likely N-dealkylation sites (N-methyl/N-ethyl adjacent to an activating group) is 1. The van der Waals surface area contributed by atoms with E-state index in [1.54, 1.807) is 30.1 Å². The Morgan fingerprint density at radius 3 is 2.57 bits per heavy atom. The van der Waals surface area contributed by atoms with E-state index in [9.17, 15) is 14.4 Å². The van der Waals surface area contributed by atoms with Gasteiger partial charge in [-0.05, 0) is 30.7 Å². The number of benzene rings is 2. The molecule has 2 amide bonds. The van der Waals surface area contributed by atoms with Crippen LogP contribution in [0.5, 0.6) is 5.75 Å². The molecule has 0 N–H and O–H groups in total. The van der Waals surface area contributed by atoms with Crippen molar-refractivity contribution in [3.8, 4) is 5.75 Å². The van der Waals surface area contributed by atoms with Gasteiger partial charge in [0, 0.05) is 38.5 Å². The van der Waals surface area contributed by atoms with E-state index < -0.39 is 0 Å². The molecule has 6 nitrogen and oxygen atoms in total. The van der Waals surface area contributed by atoms with Gasteiger partial charge in [0.05, 0.1) is 5.69 Å². The van der Waals surface area contributed by atoms with Crippen LogP contribution in [-0.4, -0.2) is 42.7 Å². The molecule has 0 saturated heterocycles. The quantitative estimate of drug-likeness (QED) is 0.693. The Hall–Kier alpha value is -3.15. The lowest BCUT2D eigenvalue weighted by Crippen LogP contribution is -2.35. The molecule has 2 aromatic carbocycles. The lowest BCUT2D eigenvalue weighted by molar-refractivity contribution is -0.131. The van der Waals surface area contributed by atoms with Crippen LogP contribution in [-0.2, 0) is 16.1 Å². The van der Waals surface area contributed by atoms with Gasteiger partial charge < -0.3 is 14.5 Å². The molecule has 0 aromatic heterocycles. The second-order valence-corrected chi connectivity index (χ2v) is 6.74. The summed E-state index contributed by atoms with van der Waals surface area (Å²) >= 11 is 0. The first kappa shape index (κ1) is 19.6. The molecule has 3 rings (SSSR count). The van der Waals surface area contributed by atoms with Crippen molar-refractivity contribution in [2.75, 3.05) is 25.1 Å². The number of ether oxygens (including phenoxy) is 1. The molecule has 2 aromatic rings. The van der Waals surface area contributed by atoms with Crippen LogP contribution in [0.1, 0.15) is 35.7 Å². The fraction of sp³-hybridized carbons (Fsp3) is 0.318. The van der Waals surface area contributed by atoms with Crippen LogP contribution in [0.2, 0.25) is 0 Å². The molecule has 0 bridgehead atoms. The molecule has 146 valence electrons. The van der Waals surface area contributed by atoms with Crippen molar-refractivity contribution < 1.29 is 19.1 Å². The Balaban J connectivity index is 1.62. The molecular weight excluding hydrogens is 356 g/mol. The summed E-state index contributed by atoms with van der Waals surface area (Å²) in [6, 6.07) is 14.8. The first-order valence-electron chi connectivity index (χ1n) is 9.38. The van der Waals surface area contributed by atoms with Gasteiger partial charge >= 0.3 is 0 Å². The van der Waals surface area contributed by atoms with Gasteiger partial charge in [0.15, 0.2) is 12.4 Å². The van der Waals surface area contributed by atoms with E-state index in [-0.39, 0.29) is 37.0 Å². The summed E-state index contributed by atoms with van der Waals surface area (Å²) in [5.74, 6) is 0.244. The van der Waals surface area contributed by atoms with Crippen molar-refractivity contribution in [1.82, 2.24) is 4.90 Å². The van der Waals surface area contributed by atoms with Gasteiger partial charge in [-0.15, -0.1) is 0 Å². The van der Waals surface area contributed by atoms with Gasteiger partial charge in [-0.2, -0.15) is 0 Å². The summed E-state index contributed by atoms with van der Waals surface area (Å²) < 4.78 is 5.38. The van der Waals surface area contributed by atoms with E-state index in [4.69, 9.17) is 4.74 Å². The van der Waals surface area contributed by atoms with E-state index in [0.29, 0.717) is 30.1 Å². The molecular formula is C22H24N2O4. The smallest absolute Gasteiger partial charge is 0.264 e. The zero-order valence-electron chi connectivity index (χ0n) is 16.2. The van der Waals surface area contributed by atoms with Crippen LogP contribution < -0.4 is 9.64 Å². The number of ketones is 1. The maximum absolute atomic E-state index is 12.6. The number of anilines is 1. The summed E-state index contributed by atoms with van der Waals surface area (Å²) in [5.41, 5.74) is 2.11. The first-order chi connectivity index (χ1) is 13.5. The number of carbonyl (C=O) groups is 3. The number of carbonyl (C=O) groups excluding carboxylic acids is 3. The second kappa shape index (κ2) is 8.69. The third-order valence-electron chi connectivity index (χ3n) is 4.88. The molecule has 1 heterocycles. The van der Waals surface area contributed by atoms with E-state index >= 15 is 0 Å². The lowest BCUT2D eigenvalue weighted by Gasteiger charge is -2.26. The minimum Gasteiger partial charge on any atom is -0.482 e. The van der Waals surface area contributed by atoms with Gasteiger partial charge in [-0.1, -0.05) is 30.3 Å². The molecule has 0 atom stereocenters. The molecule has 0 aliphatic carbocycles. The van der Waals surface area contributed by atoms with Gasteiger partial charge in [0.25, 0.3) is 5.91 Å². The van der Waals surface area contributed by atoms with Crippen molar-refractivity contribution in [2.45, 2.75) is 26.3 Å². The average molecular weight is 380 g/mol. The Bertz CT molecular complexity index is 879. The Kier molecular flexibility index (Phi) is 6.09. The Labute approximate surface area is 164 Å². The third kappa shape index (κ3) is 4.39. The number of nitrogens with zero attached hydrogens (tertiary/aromatic N) is 2. The topological polar surface area (TPSA) is 66.9 Å². The lowest BCUT2D eigenvalue weighted by atomic mass is 10.0. The minimum absolute atomic E-state index is 0.000435. The van der Waals surface area contributed by atoms with Gasteiger partial charge in [0.1, 0.15) is 5.75 Å². The van der Waals surface area contributed by atoms with Crippen molar-refractivity contribution in [2.24, 2.45) is 0 Å². The molecule has 6 heteroatoms. The summed E-state index contributed by atoms with van der Waals surface area (Å²) in [6.45, 7) is 3.05. The van der Waals surface area contributed by atoms with Crippen molar-refractivity contribution in [3.63, 3.8) is 0 Å². The maximum Gasteiger partial charge on any atom is 0.264 e. The van der Waals surface area contributed by atoms with Crippen LogP contribution in [0, 0.1) is 0 Å². The molecule has 0 saturated carbocycles. The van der Waals surface area contributed by atoms with E-state index in [1.807, 2.05) is 37.3 Å². The largest absolute Gasteiger partial charge is 0.482 e. The van der Waals surface area contributed by atoms with Crippen LogP contribution in [0.4, 0.5) is 5.69 Å². The number of Topliss-reactive ketones (excluding diaryl/α,β-unsaturated/α-hetero) is 1. The fourth-order valence-electron chi connectivity index (χ4n) is 3.15. The molecule has 0 radical (unpaired) electrons. The van der Waals surface area contributed by atoms with Gasteiger partial charge in [-0.3, -0.25) is 14.4 Å². The zero-order valence-corrected chi connectivity index (χ0v) is 16.2. The summed E-state index contributed by atoms with van der Waals surface area (Å²) in [7, 11) is 1.66. The van der Waals surface area contributed by atoms with Crippen LogP contribution in [0.3, 0.4) is 0 Å². The third-order valence-corrected chi connectivity index (χ3v) is 4.88. The highest BCUT2D eigenvalue weighted by atomic mass is 16.5. The van der Waals surface area contributed by atoms with Gasteiger partial charge in [0.2, 0.25) is 5.91 Å². The van der Waals surface area contributed by atoms with E-state index in [0.717, 1.165) is 5.56 Å². The normalized spacial score (nSPS) is 12.9. The Morgan fingerprint density at radius 2 is 1.86 bits per heavy atom. The molecule has 1 aliphatic heterocycles. The summed E-state index contributed by atoms with van der Waals surface area (Å²) in [4.78, 5) is 40.1. The highest BCUT2D eigenvalue weighted by Crippen LogP contribution is 2.32. The first-order valence-corrected chi connectivity index (χ1v) is 9.38. The number of hydrogen-bond donors (Lipinski definition) is 0. The standard InChI is InChI=1S/C22H24N2O4/c1-3-24(14-16-7-5-4-6-8-16)21(26)12-10-19(25)17-9-11-20-18(13-17)23(2)22(27)15-28-20/h4-9,11,13H,3,10,12,14-15H2,1-2H3. The average Bonchev–Trinajstić information content (AvgIpc) is 2.73. The monoisotopic (exact) mass is 380 g/mol. The molecule has 28 heavy (non-hydrogen) atoms. The van der Waals surface area contributed by atoms with E-state index in [2.05, 4.69) is 0 Å². The number of fused-ring (bicyclic) bond motifs is 1. The van der Waals surface area contributed by atoms with Crippen LogP contribution >= 0.6 is 0 Å². The molecule has 1 aliphatic rings. The van der Waals surface area contributed by atoms with Crippen molar-refractivity contribution in [1.29, 1.82) is 0 Å². The summed E-state index contributed by atoms with van der Waals surface area (Å²) in [5, 5.41) is 0. The predicted octanol–water partition coefficient (Wildman–Crippen LogP) is 3.05. The van der Waals surface area contributed by atoms with Crippen LogP contribution in [0.25, 0.3) is 0 Å². The summed E-state index contributed by atoms with van der Waals surface area (Å²) in [6.07, 6.45) is 0.281. The van der Waals surface area contributed by atoms with Crippen molar-refractivity contribution in [3.05, 3.63) is 59.7 Å². The SMILES string of the molecule is CCN(Cc1ccccc1)C(=O)CCC(=O)c1ccc2c(c1)N(C)C(=O)CO2. The zero-order chi connectivity index (χ0) is 20.1. The number of amides is 2. The fourth-order valence-corrected chi connectivity index (χ4v) is 3.15. The number of hydrogen-bond acceptors (Lipinski definition) is 4. The molecule has 0 unspecified atom stereocenters. The predicted molar refractivity (Wildman–Crippen MR) is 106 cm³/mol. The highest BCUT2D eigenvalue weighted by Gasteiger charge is 2.23. The van der Waals surface area contributed by atoms with Gasteiger partial charge in [-0.25, -0.2) is 0 Å². The van der Waals surface area contributed by atoms with E-state index in [1.165, 1.54) is 4.90 Å². The molecule has 0 spiro atoms.